The van der Waals surface area contributed by atoms with E-state index in [-0.39, 0.29) is 35.7 Å². The average Bonchev–Trinajstić information content (AvgIpc) is 4.01. The maximum Gasteiger partial charge on any atom is 0.407 e. The van der Waals surface area contributed by atoms with Crippen LogP contribution in [0.15, 0.2) is 48.8 Å². The van der Waals surface area contributed by atoms with Crippen LogP contribution in [0.4, 0.5) is 9.59 Å². The van der Waals surface area contributed by atoms with Crippen molar-refractivity contribution in [1.82, 2.24) is 40.4 Å². The van der Waals surface area contributed by atoms with Gasteiger partial charge < -0.3 is 40.2 Å². The van der Waals surface area contributed by atoms with Crippen LogP contribution in [0.1, 0.15) is 88.2 Å². The van der Waals surface area contributed by atoms with Crippen LogP contribution in [0.2, 0.25) is 0 Å². The summed E-state index contributed by atoms with van der Waals surface area (Å²) in [5, 5.41) is 14.4. The second-order valence-corrected chi connectivity index (χ2v) is 15.5. The molecule has 1 aliphatic carbocycles. The van der Waals surface area contributed by atoms with E-state index < -0.39 is 24.3 Å². The van der Waals surface area contributed by atoms with Gasteiger partial charge in [0.1, 0.15) is 23.7 Å². The summed E-state index contributed by atoms with van der Waals surface area (Å²) in [6.07, 6.45) is 6.80. The molecule has 4 unspecified atom stereocenters. The molecule has 3 aliphatic rings. The van der Waals surface area contributed by atoms with Crippen molar-refractivity contribution in [2.45, 2.75) is 90.4 Å². The molecule has 2 saturated heterocycles. The standard InChI is InChI=1S/C41H50N8O6/c1-22(2)34(46-40(52)53)38(50)48-16-6-8-32(48)36-42-20-30(44-36)26-12-14-28-24(18-26)10-11-25-19-27(13-15-29(25)28)31-21-43-37(45-31)33-9-7-17-49(33)39(51)35(23(3)4)47-41(54)55-5/h12-15,18-23,32-35,46H,6-11,16-17H2,1-5H3,(H,42,44)(H,43,45)(H,47,54)(H,52,53). The number of ether oxygens (including phenoxy) is 1. The Bertz CT molecular complexity index is 2090. The van der Waals surface area contributed by atoms with Gasteiger partial charge in [-0.3, -0.25) is 9.59 Å². The monoisotopic (exact) mass is 750 g/mol. The van der Waals surface area contributed by atoms with E-state index >= 15 is 0 Å². The lowest BCUT2D eigenvalue weighted by molar-refractivity contribution is -0.136. The number of imidazole rings is 2. The Morgan fingerprint density at radius 1 is 0.745 bits per heavy atom. The first-order chi connectivity index (χ1) is 26.4. The number of aromatic nitrogens is 4. The molecule has 0 radical (unpaired) electrons. The van der Waals surface area contributed by atoms with Gasteiger partial charge in [0.25, 0.3) is 0 Å². The minimum absolute atomic E-state index is 0.105. The lowest BCUT2D eigenvalue weighted by Crippen LogP contribution is -2.51. The lowest BCUT2D eigenvalue weighted by atomic mass is 9.83. The fourth-order valence-electron chi connectivity index (χ4n) is 8.37. The highest BCUT2D eigenvalue weighted by Crippen LogP contribution is 2.39. The Morgan fingerprint density at radius 2 is 1.20 bits per heavy atom. The Hall–Kier alpha value is -5.66. The minimum Gasteiger partial charge on any atom is -0.465 e. The van der Waals surface area contributed by atoms with E-state index in [2.05, 4.69) is 57.0 Å². The van der Waals surface area contributed by atoms with Crippen molar-refractivity contribution in [2.75, 3.05) is 20.2 Å². The van der Waals surface area contributed by atoms with E-state index in [4.69, 9.17) is 14.7 Å². The van der Waals surface area contributed by atoms with E-state index in [1.54, 1.807) is 4.90 Å². The number of aromatic amines is 2. The number of nitrogens with zero attached hydrogens (tertiary/aromatic N) is 4. The van der Waals surface area contributed by atoms with Crippen LogP contribution in [0.3, 0.4) is 0 Å². The summed E-state index contributed by atoms with van der Waals surface area (Å²) >= 11 is 0. The third-order valence-electron chi connectivity index (χ3n) is 11.3. The number of hydrogen-bond acceptors (Lipinski definition) is 7. The first-order valence-corrected chi connectivity index (χ1v) is 19.2. The topological polar surface area (TPSA) is 186 Å². The molecular weight excluding hydrogens is 701 g/mol. The number of hydrogen-bond donors (Lipinski definition) is 5. The summed E-state index contributed by atoms with van der Waals surface area (Å²) in [6, 6.07) is 11.0. The summed E-state index contributed by atoms with van der Waals surface area (Å²) < 4.78 is 4.77. The van der Waals surface area contributed by atoms with Gasteiger partial charge in [-0.1, -0.05) is 52.0 Å². The predicted molar refractivity (Wildman–Crippen MR) is 206 cm³/mol. The normalized spacial score (nSPS) is 18.9. The third-order valence-corrected chi connectivity index (χ3v) is 11.3. The van der Waals surface area contributed by atoms with Crippen molar-refractivity contribution in [1.29, 1.82) is 0 Å². The van der Waals surface area contributed by atoms with Crippen LogP contribution in [0, 0.1) is 11.8 Å². The highest BCUT2D eigenvalue weighted by atomic mass is 16.5. The summed E-state index contributed by atoms with van der Waals surface area (Å²) in [5.74, 6) is 0.799. The molecule has 7 rings (SSSR count). The molecule has 14 heteroatoms. The molecular formula is C41H50N8O6. The van der Waals surface area contributed by atoms with Crippen LogP contribution in [-0.2, 0) is 27.2 Å². The number of amides is 4. The van der Waals surface area contributed by atoms with Crippen LogP contribution in [0.5, 0.6) is 0 Å². The van der Waals surface area contributed by atoms with E-state index in [0.29, 0.717) is 18.9 Å². The number of carbonyl (C=O) groups excluding carboxylic acids is 3. The van der Waals surface area contributed by atoms with Gasteiger partial charge >= 0.3 is 12.2 Å². The van der Waals surface area contributed by atoms with Crippen molar-refractivity contribution in [3.63, 3.8) is 0 Å². The van der Waals surface area contributed by atoms with Gasteiger partial charge in [-0.2, -0.15) is 0 Å². The van der Waals surface area contributed by atoms with E-state index in [0.717, 1.165) is 66.9 Å². The van der Waals surface area contributed by atoms with Gasteiger partial charge in [0.15, 0.2) is 0 Å². The van der Waals surface area contributed by atoms with E-state index in [1.807, 2.05) is 45.0 Å². The highest BCUT2D eigenvalue weighted by Gasteiger charge is 2.39. The fourth-order valence-corrected chi connectivity index (χ4v) is 8.37. The molecule has 290 valence electrons. The molecule has 4 aromatic rings. The maximum absolute atomic E-state index is 13.6. The number of aryl methyl sites for hydroxylation is 2. The van der Waals surface area contributed by atoms with Crippen molar-refractivity contribution in [3.8, 4) is 33.6 Å². The first kappa shape index (κ1) is 37.6. The number of nitrogens with one attached hydrogen (secondary N) is 4. The zero-order valence-electron chi connectivity index (χ0n) is 32.0. The van der Waals surface area contributed by atoms with Gasteiger partial charge in [0.2, 0.25) is 11.8 Å². The number of methoxy groups -OCH3 is 1. The molecule has 2 aromatic heterocycles. The minimum atomic E-state index is -1.21. The van der Waals surface area contributed by atoms with Crippen molar-refractivity contribution < 1.29 is 29.0 Å². The van der Waals surface area contributed by atoms with Crippen LogP contribution in [-0.4, -0.2) is 91.1 Å². The highest BCUT2D eigenvalue weighted by molar-refractivity contribution is 5.87. The molecule has 4 atom stereocenters. The summed E-state index contributed by atoms with van der Waals surface area (Å²) in [6.45, 7) is 8.64. The zero-order valence-corrected chi connectivity index (χ0v) is 32.0. The van der Waals surface area contributed by atoms with Gasteiger partial charge in [-0.25, -0.2) is 19.6 Å². The molecule has 4 heterocycles. The summed E-state index contributed by atoms with van der Waals surface area (Å²) in [7, 11) is 1.29. The second-order valence-electron chi connectivity index (χ2n) is 15.5. The smallest absolute Gasteiger partial charge is 0.407 e. The maximum atomic E-state index is 13.6. The third kappa shape index (κ3) is 7.54. The zero-order chi connectivity index (χ0) is 39.0. The Labute approximate surface area is 320 Å². The Kier molecular flexibility index (Phi) is 10.7. The van der Waals surface area contributed by atoms with Crippen molar-refractivity contribution in [3.05, 3.63) is 71.6 Å². The Morgan fingerprint density at radius 3 is 1.62 bits per heavy atom. The molecule has 2 fully saturated rings. The SMILES string of the molecule is COC(=O)NC(C(=O)N1CCCC1c1ncc(-c2ccc3c(c2)CCc2cc(-c4cnc(C5CCCN5C(=O)C(NC(=O)O)C(C)C)[nH]4)ccc2-3)[nH]1)C(C)C. The molecule has 14 nitrogen and oxygen atoms in total. The number of alkyl carbamates (subject to hydrolysis) is 1. The van der Waals surface area contributed by atoms with Crippen molar-refractivity contribution in [2.24, 2.45) is 11.8 Å². The molecule has 2 aliphatic heterocycles. The largest absolute Gasteiger partial charge is 0.465 e. The van der Waals surface area contributed by atoms with E-state index in [9.17, 15) is 24.3 Å². The molecule has 2 aromatic carbocycles. The number of H-pyrrole nitrogens is 2. The first-order valence-electron chi connectivity index (χ1n) is 19.2. The van der Waals surface area contributed by atoms with Gasteiger partial charge in [-0.15, -0.1) is 0 Å². The number of likely N-dealkylation sites (tertiary alicyclic amines) is 2. The lowest BCUT2D eigenvalue weighted by Gasteiger charge is -2.30. The Balaban J connectivity index is 1.06. The van der Waals surface area contributed by atoms with E-state index in [1.165, 1.54) is 29.4 Å². The van der Waals surface area contributed by atoms with Crippen LogP contribution < -0.4 is 10.6 Å². The molecule has 0 saturated carbocycles. The quantitative estimate of drug-likeness (QED) is 0.126. The summed E-state index contributed by atoms with van der Waals surface area (Å²) in [5.41, 5.74) is 8.72. The number of carboxylic acid groups (broad SMARTS) is 1. The number of carbonyl (C=O) groups is 4. The van der Waals surface area contributed by atoms with Crippen molar-refractivity contribution >= 4 is 24.0 Å². The number of benzene rings is 2. The van der Waals surface area contributed by atoms with Gasteiger partial charge in [0, 0.05) is 13.1 Å². The van der Waals surface area contributed by atoms with Crippen LogP contribution in [0.25, 0.3) is 33.6 Å². The summed E-state index contributed by atoms with van der Waals surface area (Å²) in [4.78, 5) is 70.4. The van der Waals surface area contributed by atoms with Gasteiger partial charge in [0.05, 0.1) is 43.0 Å². The van der Waals surface area contributed by atoms with Gasteiger partial charge in [-0.05, 0) is 95.9 Å². The second kappa shape index (κ2) is 15.6. The molecule has 55 heavy (non-hydrogen) atoms. The number of fused-ring (bicyclic) bond motifs is 3. The molecule has 0 bridgehead atoms. The number of rotatable bonds is 10. The predicted octanol–water partition coefficient (Wildman–Crippen LogP) is 6.23. The fraction of sp³-hybridized carbons (Fsp3) is 0.463. The van der Waals surface area contributed by atoms with Crippen LogP contribution >= 0.6 is 0 Å². The molecule has 4 amide bonds. The average molecular weight is 751 g/mol. The molecule has 5 N–H and O–H groups in total. The molecule has 0 spiro atoms.